The highest BCUT2D eigenvalue weighted by molar-refractivity contribution is 6.38. The molecule has 0 aliphatic heterocycles. The summed E-state index contributed by atoms with van der Waals surface area (Å²) in [5.74, 6) is 0.766. The lowest BCUT2D eigenvalue weighted by molar-refractivity contribution is -0.111. The third-order valence-electron chi connectivity index (χ3n) is 3.75. The Kier molecular flexibility index (Phi) is 4.71. The fourth-order valence-corrected chi connectivity index (χ4v) is 3.03. The van der Waals surface area contributed by atoms with E-state index < -0.39 is 0 Å². The van der Waals surface area contributed by atoms with Gasteiger partial charge in [0.15, 0.2) is 5.58 Å². The molecular formula is C20H12Cl2N2O3. The van der Waals surface area contributed by atoms with E-state index >= 15 is 0 Å². The number of hydrogen-bond donors (Lipinski definition) is 1. The molecule has 27 heavy (non-hydrogen) atoms. The van der Waals surface area contributed by atoms with Gasteiger partial charge in [0.1, 0.15) is 11.3 Å². The first kappa shape index (κ1) is 17.4. The molecule has 0 saturated carbocycles. The second-order valence-electron chi connectivity index (χ2n) is 5.67. The summed E-state index contributed by atoms with van der Waals surface area (Å²) in [6, 6.07) is 13.9. The molecule has 0 radical (unpaired) electrons. The van der Waals surface area contributed by atoms with E-state index in [1.54, 1.807) is 60.9 Å². The minimum absolute atomic E-state index is 0.262. The Morgan fingerprint density at radius 1 is 1.11 bits per heavy atom. The Morgan fingerprint density at radius 2 is 1.93 bits per heavy atom. The number of nitrogens with one attached hydrogen (secondary N) is 1. The van der Waals surface area contributed by atoms with Gasteiger partial charge in [0, 0.05) is 22.3 Å². The van der Waals surface area contributed by atoms with Crippen LogP contribution in [-0.2, 0) is 4.79 Å². The standard InChI is InChI=1S/C20H12Cl2N2O3/c21-13-10-16(22)19-17(11-13)24-20(27-19)12-3-5-14(6-4-12)23-18(25)8-7-15-2-1-9-26-15/h1-11H,(H,23,25)/b8-7+. The van der Waals surface area contributed by atoms with Crippen molar-refractivity contribution in [2.75, 3.05) is 5.32 Å². The van der Waals surface area contributed by atoms with Crippen LogP contribution in [0.15, 0.2) is 69.7 Å². The van der Waals surface area contributed by atoms with Crippen molar-refractivity contribution in [1.29, 1.82) is 0 Å². The first-order chi connectivity index (χ1) is 13.1. The average molecular weight is 399 g/mol. The van der Waals surface area contributed by atoms with Crippen LogP contribution in [0.25, 0.3) is 28.6 Å². The van der Waals surface area contributed by atoms with E-state index in [-0.39, 0.29) is 5.91 Å². The summed E-state index contributed by atoms with van der Waals surface area (Å²) in [7, 11) is 0. The molecule has 0 aliphatic carbocycles. The van der Waals surface area contributed by atoms with E-state index in [2.05, 4.69) is 10.3 Å². The number of carbonyl (C=O) groups is 1. The maximum absolute atomic E-state index is 12.0. The van der Waals surface area contributed by atoms with E-state index in [1.165, 1.54) is 6.08 Å². The molecule has 0 unspecified atom stereocenters. The van der Waals surface area contributed by atoms with Crippen molar-refractivity contribution in [3.05, 3.63) is 76.7 Å². The quantitative estimate of drug-likeness (QED) is 0.425. The first-order valence-corrected chi connectivity index (χ1v) is 8.73. The third-order valence-corrected chi connectivity index (χ3v) is 4.25. The normalized spacial score (nSPS) is 11.3. The zero-order chi connectivity index (χ0) is 18.8. The predicted octanol–water partition coefficient (Wildman–Crippen LogP) is 6.05. The molecule has 0 atom stereocenters. The fraction of sp³-hybridized carbons (Fsp3) is 0. The lowest BCUT2D eigenvalue weighted by Gasteiger charge is -2.02. The summed E-state index contributed by atoms with van der Waals surface area (Å²) < 4.78 is 10.9. The van der Waals surface area contributed by atoms with Crippen LogP contribution in [0.5, 0.6) is 0 Å². The van der Waals surface area contributed by atoms with Crippen LogP contribution in [0, 0.1) is 0 Å². The molecule has 4 aromatic rings. The highest BCUT2D eigenvalue weighted by atomic mass is 35.5. The molecule has 0 spiro atoms. The number of aromatic nitrogens is 1. The van der Waals surface area contributed by atoms with Gasteiger partial charge in [-0.25, -0.2) is 4.98 Å². The molecule has 134 valence electrons. The summed E-state index contributed by atoms with van der Waals surface area (Å²) >= 11 is 12.1. The molecule has 1 N–H and O–H groups in total. The zero-order valence-corrected chi connectivity index (χ0v) is 15.3. The van der Waals surface area contributed by atoms with E-state index in [4.69, 9.17) is 32.0 Å². The van der Waals surface area contributed by atoms with Crippen molar-refractivity contribution in [2.45, 2.75) is 0 Å². The van der Waals surface area contributed by atoms with E-state index in [1.807, 2.05) is 0 Å². The topological polar surface area (TPSA) is 68.3 Å². The molecule has 0 aliphatic rings. The minimum atomic E-state index is -0.262. The smallest absolute Gasteiger partial charge is 0.248 e. The Labute approximate surface area is 164 Å². The van der Waals surface area contributed by atoms with Gasteiger partial charge in [-0.05, 0) is 54.6 Å². The number of furan rings is 1. The lowest BCUT2D eigenvalue weighted by Crippen LogP contribution is -2.07. The van der Waals surface area contributed by atoms with Gasteiger partial charge < -0.3 is 14.2 Å². The summed E-state index contributed by atoms with van der Waals surface area (Å²) in [4.78, 5) is 16.4. The van der Waals surface area contributed by atoms with Crippen molar-refractivity contribution in [1.82, 2.24) is 4.98 Å². The van der Waals surface area contributed by atoms with Gasteiger partial charge in [-0.2, -0.15) is 0 Å². The van der Waals surface area contributed by atoms with Gasteiger partial charge in [-0.1, -0.05) is 23.2 Å². The molecule has 0 fully saturated rings. The zero-order valence-electron chi connectivity index (χ0n) is 13.8. The number of anilines is 1. The first-order valence-electron chi connectivity index (χ1n) is 7.97. The molecular weight excluding hydrogens is 387 g/mol. The van der Waals surface area contributed by atoms with Crippen LogP contribution in [-0.4, -0.2) is 10.9 Å². The van der Waals surface area contributed by atoms with Crippen molar-refractivity contribution in [3.8, 4) is 11.5 Å². The minimum Gasteiger partial charge on any atom is -0.465 e. The summed E-state index contributed by atoms with van der Waals surface area (Å²) in [5, 5.41) is 3.67. The van der Waals surface area contributed by atoms with Gasteiger partial charge in [-0.3, -0.25) is 4.79 Å². The van der Waals surface area contributed by atoms with Crippen molar-refractivity contribution in [2.24, 2.45) is 0 Å². The Balaban J connectivity index is 1.50. The molecule has 0 saturated heterocycles. The summed E-state index contributed by atoms with van der Waals surface area (Å²) in [6.45, 7) is 0. The number of carbonyl (C=O) groups excluding carboxylic acids is 1. The number of oxazole rings is 1. The number of rotatable bonds is 4. The second-order valence-corrected chi connectivity index (χ2v) is 6.51. The van der Waals surface area contributed by atoms with Gasteiger partial charge >= 0.3 is 0 Å². The molecule has 2 aromatic heterocycles. The molecule has 1 amide bonds. The molecule has 2 aromatic carbocycles. The summed E-state index contributed by atoms with van der Waals surface area (Å²) in [5.41, 5.74) is 2.46. The van der Waals surface area contributed by atoms with Crippen LogP contribution in [0.3, 0.4) is 0 Å². The van der Waals surface area contributed by atoms with Gasteiger partial charge in [-0.15, -0.1) is 0 Å². The Morgan fingerprint density at radius 3 is 2.67 bits per heavy atom. The van der Waals surface area contributed by atoms with Crippen molar-refractivity contribution in [3.63, 3.8) is 0 Å². The molecule has 2 heterocycles. The Bertz CT molecular complexity index is 1130. The third kappa shape index (κ3) is 3.89. The molecule has 0 bridgehead atoms. The maximum atomic E-state index is 12.0. The number of nitrogens with zero attached hydrogens (tertiary/aromatic N) is 1. The second kappa shape index (κ2) is 7.31. The van der Waals surface area contributed by atoms with E-state index in [0.29, 0.717) is 38.5 Å². The van der Waals surface area contributed by atoms with Gasteiger partial charge in [0.25, 0.3) is 0 Å². The highest BCUT2D eigenvalue weighted by Gasteiger charge is 2.12. The SMILES string of the molecule is O=C(/C=C/c1ccco1)Nc1ccc(-c2nc3cc(Cl)cc(Cl)c3o2)cc1. The maximum Gasteiger partial charge on any atom is 0.248 e. The molecule has 5 nitrogen and oxygen atoms in total. The summed E-state index contributed by atoms with van der Waals surface area (Å²) in [6.07, 6.45) is 4.54. The lowest BCUT2D eigenvalue weighted by atomic mass is 10.2. The number of amides is 1. The van der Waals surface area contributed by atoms with Crippen LogP contribution >= 0.6 is 23.2 Å². The Hall–Kier alpha value is -3.02. The van der Waals surface area contributed by atoms with Crippen LogP contribution in [0.2, 0.25) is 10.0 Å². The fourth-order valence-electron chi connectivity index (χ4n) is 2.51. The number of halogens is 2. The monoisotopic (exact) mass is 398 g/mol. The molecule has 4 rings (SSSR count). The van der Waals surface area contributed by atoms with Crippen molar-refractivity contribution < 1.29 is 13.6 Å². The van der Waals surface area contributed by atoms with Crippen LogP contribution < -0.4 is 5.32 Å². The number of hydrogen-bond acceptors (Lipinski definition) is 4. The van der Waals surface area contributed by atoms with E-state index in [9.17, 15) is 4.79 Å². The largest absolute Gasteiger partial charge is 0.465 e. The average Bonchev–Trinajstić information content (AvgIpc) is 3.30. The predicted molar refractivity (Wildman–Crippen MR) is 106 cm³/mol. The van der Waals surface area contributed by atoms with Gasteiger partial charge in [0.2, 0.25) is 11.8 Å². The number of fused-ring (bicyclic) bond motifs is 1. The number of benzene rings is 2. The molecule has 7 heteroatoms. The van der Waals surface area contributed by atoms with Crippen molar-refractivity contribution >= 4 is 52.0 Å². The highest BCUT2D eigenvalue weighted by Crippen LogP contribution is 2.32. The van der Waals surface area contributed by atoms with E-state index in [0.717, 1.165) is 5.56 Å². The van der Waals surface area contributed by atoms with Crippen LogP contribution in [0.1, 0.15) is 5.76 Å². The van der Waals surface area contributed by atoms with Gasteiger partial charge in [0.05, 0.1) is 11.3 Å². The van der Waals surface area contributed by atoms with Crippen LogP contribution in [0.4, 0.5) is 5.69 Å².